The fourth-order valence-corrected chi connectivity index (χ4v) is 2.81. The summed E-state index contributed by atoms with van der Waals surface area (Å²) in [5, 5.41) is 0. The number of ether oxygens (including phenoxy) is 1. The quantitative estimate of drug-likeness (QED) is 0.655. The smallest absolute Gasteiger partial charge is 0.281 e. The molecule has 2 atom stereocenters. The number of rotatable bonds is 2. The van der Waals surface area contributed by atoms with E-state index in [2.05, 4.69) is 0 Å². The first-order chi connectivity index (χ1) is 6.34. The van der Waals surface area contributed by atoms with Crippen molar-refractivity contribution < 1.29 is 13.2 Å². The standard InChI is InChI=1S/C8H18N2O3S/c1-7-5-10(6-8(2)13-7)14(11,12)9(3)4/h7-8H,5-6H2,1-4H3/t7-,8+. The maximum atomic E-state index is 11.8. The van der Waals surface area contributed by atoms with Crippen LogP contribution >= 0.6 is 0 Å². The van der Waals surface area contributed by atoms with E-state index < -0.39 is 10.2 Å². The van der Waals surface area contributed by atoms with Crippen LogP contribution in [-0.2, 0) is 14.9 Å². The SMILES string of the molecule is C[C@@H]1CN(S(=O)(=O)N(C)C)C[C@H](C)O1. The summed E-state index contributed by atoms with van der Waals surface area (Å²) in [6, 6.07) is 0. The van der Waals surface area contributed by atoms with Gasteiger partial charge in [0.1, 0.15) is 0 Å². The van der Waals surface area contributed by atoms with Gasteiger partial charge in [-0.3, -0.25) is 0 Å². The molecule has 0 unspecified atom stereocenters. The van der Waals surface area contributed by atoms with Gasteiger partial charge in [-0.1, -0.05) is 0 Å². The van der Waals surface area contributed by atoms with E-state index in [1.165, 1.54) is 8.61 Å². The third kappa shape index (κ3) is 2.44. The third-order valence-corrected chi connectivity index (χ3v) is 4.05. The summed E-state index contributed by atoms with van der Waals surface area (Å²) in [4.78, 5) is 0. The first kappa shape index (κ1) is 11.9. The third-order valence-electron chi connectivity index (χ3n) is 2.17. The van der Waals surface area contributed by atoms with Crippen LogP contribution in [0, 0.1) is 0 Å². The lowest BCUT2D eigenvalue weighted by Crippen LogP contribution is -2.51. The minimum absolute atomic E-state index is 0.0338. The normalized spacial score (nSPS) is 30.9. The number of hydrogen-bond acceptors (Lipinski definition) is 3. The van der Waals surface area contributed by atoms with Crippen molar-refractivity contribution in [2.45, 2.75) is 26.1 Å². The van der Waals surface area contributed by atoms with Gasteiger partial charge in [0.2, 0.25) is 0 Å². The molecule has 0 aromatic carbocycles. The van der Waals surface area contributed by atoms with Gasteiger partial charge < -0.3 is 4.74 Å². The van der Waals surface area contributed by atoms with Gasteiger partial charge in [0.25, 0.3) is 10.2 Å². The molecule has 1 saturated heterocycles. The van der Waals surface area contributed by atoms with Gasteiger partial charge in [0, 0.05) is 27.2 Å². The Hall–Kier alpha value is -0.170. The molecule has 0 spiro atoms. The first-order valence-corrected chi connectivity index (χ1v) is 6.06. The topological polar surface area (TPSA) is 49.9 Å². The Labute approximate surface area is 85.8 Å². The lowest BCUT2D eigenvalue weighted by molar-refractivity contribution is -0.0451. The number of nitrogens with zero attached hydrogens (tertiary/aromatic N) is 2. The lowest BCUT2D eigenvalue weighted by Gasteiger charge is -2.35. The maximum Gasteiger partial charge on any atom is 0.281 e. The number of hydrogen-bond donors (Lipinski definition) is 0. The van der Waals surface area contributed by atoms with Crippen LogP contribution in [0.3, 0.4) is 0 Å². The van der Waals surface area contributed by atoms with Crippen LogP contribution in [0.25, 0.3) is 0 Å². The molecule has 5 nitrogen and oxygen atoms in total. The van der Waals surface area contributed by atoms with E-state index in [9.17, 15) is 8.42 Å². The van der Waals surface area contributed by atoms with Crippen molar-refractivity contribution >= 4 is 10.2 Å². The Balaban J connectivity index is 2.78. The van der Waals surface area contributed by atoms with Gasteiger partial charge in [0.15, 0.2) is 0 Å². The molecule has 0 amide bonds. The van der Waals surface area contributed by atoms with Crippen LogP contribution in [-0.4, -0.2) is 56.4 Å². The van der Waals surface area contributed by atoms with E-state index in [4.69, 9.17) is 4.74 Å². The fourth-order valence-electron chi connectivity index (χ4n) is 1.55. The molecule has 0 aliphatic carbocycles. The van der Waals surface area contributed by atoms with E-state index in [0.29, 0.717) is 13.1 Å². The molecule has 1 heterocycles. The molecule has 6 heteroatoms. The summed E-state index contributed by atoms with van der Waals surface area (Å²) in [6.07, 6.45) is -0.0676. The van der Waals surface area contributed by atoms with E-state index in [-0.39, 0.29) is 12.2 Å². The van der Waals surface area contributed by atoms with E-state index >= 15 is 0 Å². The second kappa shape index (κ2) is 4.14. The van der Waals surface area contributed by atoms with E-state index in [1.54, 1.807) is 14.1 Å². The minimum atomic E-state index is -3.28. The van der Waals surface area contributed by atoms with Crippen LogP contribution in [0.1, 0.15) is 13.8 Å². The summed E-state index contributed by atoms with van der Waals surface area (Å²) in [5.74, 6) is 0. The lowest BCUT2D eigenvalue weighted by atomic mass is 10.3. The zero-order chi connectivity index (χ0) is 10.9. The molecule has 1 fully saturated rings. The highest BCUT2D eigenvalue weighted by atomic mass is 32.2. The summed E-state index contributed by atoms with van der Waals surface area (Å²) >= 11 is 0. The summed E-state index contributed by atoms with van der Waals surface area (Å²) in [5.41, 5.74) is 0. The molecule has 0 bridgehead atoms. The summed E-state index contributed by atoms with van der Waals surface area (Å²) in [7, 11) is -0.196. The summed E-state index contributed by atoms with van der Waals surface area (Å²) in [6.45, 7) is 4.64. The molecular formula is C8H18N2O3S. The predicted molar refractivity (Wildman–Crippen MR) is 54.2 cm³/mol. The molecule has 84 valence electrons. The first-order valence-electron chi connectivity index (χ1n) is 4.67. The Morgan fingerprint density at radius 1 is 1.21 bits per heavy atom. The van der Waals surface area contributed by atoms with Crippen LogP contribution in [0.2, 0.25) is 0 Å². The predicted octanol–water partition coefficient (Wildman–Crippen LogP) is -0.0980. The van der Waals surface area contributed by atoms with Crippen LogP contribution in [0.15, 0.2) is 0 Å². The number of morpholine rings is 1. The average molecular weight is 222 g/mol. The Morgan fingerprint density at radius 2 is 1.64 bits per heavy atom. The van der Waals surface area contributed by atoms with E-state index in [1.807, 2.05) is 13.8 Å². The van der Waals surface area contributed by atoms with Gasteiger partial charge in [-0.15, -0.1) is 0 Å². The van der Waals surface area contributed by atoms with Crippen molar-refractivity contribution in [3.63, 3.8) is 0 Å². The zero-order valence-corrected chi connectivity index (χ0v) is 9.91. The molecular weight excluding hydrogens is 204 g/mol. The van der Waals surface area contributed by atoms with Gasteiger partial charge in [-0.25, -0.2) is 0 Å². The zero-order valence-electron chi connectivity index (χ0n) is 9.10. The minimum Gasteiger partial charge on any atom is -0.373 e. The van der Waals surface area contributed by atoms with Gasteiger partial charge in [0.05, 0.1) is 12.2 Å². The Bertz CT molecular complexity index is 279. The van der Waals surface area contributed by atoms with Crippen LogP contribution < -0.4 is 0 Å². The average Bonchev–Trinajstić information content (AvgIpc) is 2.01. The molecule has 0 aromatic heterocycles. The van der Waals surface area contributed by atoms with Crippen LogP contribution in [0.4, 0.5) is 0 Å². The van der Waals surface area contributed by atoms with Crippen molar-refractivity contribution in [3.05, 3.63) is 0 Å². The molecule has 0 aromatic rings. The Morgan fingerprint density at radius 3 is 2.00 bits per heavy atom. The van der Waals surface area contributed by atoms with Crippen molar-refractivity contribution in [3.8, 4) is 0 Å². The monoisotopic (exact) mass is 222 g/mol. The molecule has 1 aliphatic heterocycles. The van der Waals surface area contributed by atoms with Gasteiger partial charge >= 0.3 is 0 Å². The highest BCUT2D eigenvalue weighted by molar-refractivity contribution is 7.86. The maximum absolute atomic E-state index is 11.8. The largest absolute Gasteiger partial charge is 0.373 e. The molecule has 0 radical (unpaired) electrons. The summed E-state index contributed by atoms with van der Waals surface area (Å²) < 4.78 is 31.7. The molecule has 0 saturated carbocycles. The van der Waals surface area contributed by atoms with Crippen molar-refractivity contribution in [2.75, 3.05) is 27.2 Å². The van der Waals surface area contributed by atoms with Crippen molar-refractivity contribution in [1.82, 2.24) is 8.61 Å². The van der Waals surface area contributed by atoms with Gasteiger partial charge in [-0.2, -0.15) is 17.0 Å². The Kier molecular flexibility index (Phi) is 3.52. The highest BCUT2D eigenvalue weighted by Gasteiger charge is 2.32. The second-order valence-electron chi connectivity index (χ2n) is 3.86. The van der Waals surface area contributed by atoms with Crippen molar-refractivity contribution in [1.29, 1.82) is 0 Å². The fraction of sp³-hybridized carbons (Fsp3) is 1.00. The molecule has 14 heavy (non-hydrogen) atoms. The highest BCUT2D eigenvalue weighted by Crippen LogP contribution is 2.15. The molecule has 1 rings (SSSR count). The second-order valence-corrected chi connectivity index (χ2v) is 6.01. The van der Waals surface area contributed by atoms with Crippen molar-refractivity contribution in [2.24, 2.45) is 0 Å². The van der Waals surface area contributed by atoms with E-state index in [0.717, 1.165) is 0 Å². The molecule has 1 aliphatic rings. The van der Waals surface area contributed by atoms with Gasteiger partial charge in [-0.05, 0) is 13.8 Å². The van der Waals surface area contributed by atoms with Crippen LogP contribution in [0.5, 0.6) is 0 Å². The molecule has 0 N–H and O–H groups in total.